The number of rotatable bonds is 3. The molecule has 2 atom stereocenters. The number of benzene rings is 1. The summed E-state index contributed by atoms with van der Waals surface area (Å²) in [5.74, 6) is -0.585. The molecule has 5 heteroatoms. The van der Waals surface area contributed by atoms with Crippen molar-refractivity contribution < 1.29 is 18.7 Å². The predicted molar refractivity (Wildman–Crippen MR) is 73.0 cm³/mol. The van der Waals surface area contributed by atoms with Crippen molar-refractivity contribution in [1.82, 2.24) is 0 Å². The molecule has 110 valence electrons. The van der Waals surface area contributed by atoms with Gasteiger partial charge in [0, 0.05) is 6.42 Å². The monoisotopic (exact) mass is 281 g/mol. The lowest BCUT2D eigenvalue weighted by Crippen LogP contribution is -2.54. The van der Waals surface area contributed by atoms with Crippen molar-refractivity contribution in [3.8, 4) is 5.75 Å². The van der Waals surface area contributed by atoms with Crippen LogP contribution in [-0.4, -0.2) is 24.7 Å². The number of halogens is 1. The van der Waals surface area contributed by atoms with Gasteiger partial charge in [-0.3, -0.25) is 4.79 Å². The van der Waals surface area contributed by atoms with Gasteiger partial charge in [0.1, 0.15) is 11.6 Å². The zero-order valence-corrected chi connectivity index (χ0v) is 11.8. The van der Waals surface area contributed by atoms with Crippen LogP contribution in [0.1, 0.15) is 31.2 Å². The number of carbonyl (C=O) groups excluding carboxylic acids is 1. The molecule has 20 heavy (non-hydrogen) atoms. The van der Waals surface area contributed by atoms with Gasteiger partial charge >= 0.3 is 5.97 Å². The van der Waals surface area contributed by atoms with Crippen molar-refractivity contribution in [3.63, 3.8) is 0 Å². The van der Waals surface area contributed by atoms with Crippen LogP contribution in [0.25, 0.3) is 0 Å². The lowest BCUT2D eigenvalue weighted by molar-refractivity contribution is -0.149. The summed E-state index contributed by atoms with van der Waals surface area (Å²) < 4.78 is 24.4. The van der Waals surface area contributed by atoms with E-state index in [1.807, 2.05) is 0 Å². The highest BCUT2D eigenvalue weighted by molar-refractivity contribution is 5.80. The van der Waals surface area contributed by atoms with Crippen LogP contribution in [0.4, 0.5) is 4.39 Å². The Balaban J connectivity index is 2.10. The standard InChI is InChI=1S/C15H20FNO3/c1-10-5-3-7-12(13(10)16)20-11-6-4-8-15(17,9-11)14(18)19-2/h3,5,7,11H,4,6,8-9,17H2,1-2H3. The summed E-state index contributed by atoms with van der Waals surface area (Å²) in [5, 5.41) is 0. The van der Waals surface area contributed by atoms with Crippen molar-refractivity contribution in [2.75, 3.05) is 7.11 Å². The SMILES string of the molecule is COC(=O)C1(N)CCCC(Oc2cccc(C)c2F)C1. The van der Waals surface area contributed by atoms with Crippen molar-refractivity contribution in [3.05, 3.63) is 29.6 Å². The average Bonchev–Trinajstić information content (AvgIpc) is 2.43. The van der Waals surface area contributed by atoms with E-state index >= 15 is 0 Å². The molecule has 0 amide bonds. The van der Waals surface area contributed by atoms with Crippen LogP contribution in [0, 0.1) is 12.7 Å². The number of esters is 1. The van der Waals surface area contributed by atoms with Crippen LogP contribution in [0.15, 0.2) is 18.2 Å². The quantitative estimate of drug-likeness (QED) is 0.864. The Labute approximate surface area is 118 Å². The average molecular weight is 281 g/mol. The zero-order valence-electron chi connectivity index (χ0n) is 11.8. The summed E-state index contributed by atoms with van der Waals surface area (Å²) in [5.41, 5.74) is 5.58. The fraction of sp³-hybridized carbons (Fsp3) is 0.533. The van der Waals surface area contributed by atoms with Crippen LogP contribution >= 0.6 is 0 Å². The van der Waals surface area contributed by atoms with E-state index in [2.05, 4.69) is 0 Å². The largest absolute Gasteiger partial charge is 0.487 e. The third-order valence-electron chi connectivity index (χ3n) is 3.78. The Morgan fingerprint density at radius 1 is 1.50 bits per heavy atom. The van der Waals surface area contributed by atoms with E-state index in [-0.39, 0.29) is 17.7 Å². The van der Waals surface area contributed by atoms with Gasteiger partial charge in [-0.05, 0) is 37.8 Å². The molecule has 0 bridgehead atoms. The number of ether oxygens (including phenoxy) is 2. The second-order valence-electron chi connectivity index (χ2n) is 5.37. The molecule has 0 aliphatic heterocycles. The third kappa shape index (κ3) is 2.93. The molecule has 0 spiro atoms. The van der Waals surface area contributed by atoms with Crippen molar-refractivity contribution in [2.45, 2.75) is 44.2 Å². The smallest absolute Gasteiger partial charge is 0.325 e. The van der Waals surface area contributed by atoms with Crippen LogP contribution < -0.4 is 10.5 Å². The van der Waals surface area contributed by atoms with Gasteiger partial charge in [-0.25, -0.2) is 4.39 Å². The highest BCUT2D eigenvalue weighted by Gasteiger charge is 2.41. The van der Waals surface area contributed by atoms with E-state index < -0.39 is 11.5 Å². The first-order valence-electron chi connectivity index (χ1n) is 6.75. The van der Waals surface area contributed by atoms with Crippen molar-refractivity contribution in [2.24, 2.45) is 5.73 Å². The summed E-state index contributed by atoms with van der Waals surface area (Å²) in [6, 6.07) is 5.02. The van der Waals surface area contributed by atoms with Gasteiger partial charge in [0.05, 0.1) is 7.11 Å². The van der Waals surface area contributed by atoms with Crippen molar-refractivity contribution in [1.29, 1.82) is 0 Å². The van der Waals surface area contributed by atoms with Crippen LogP contribution in [0.5, 0.6) is 5.75 Å². The lowest BCUT2D eigenvalue weighted by Gasteiger charge is -2.35. The van der Waals surface area contributed by atoms with Gasteiger partial charge in [-0.1, -0.05) is 12.1 Å². The molecule has 1 fully saturated rings. The van der Waals surface area contributed by atoms with Crippen molar-refractivity contribution >= 4 is 5.97 Å². The molecular formula is C15H20FNO3. The minimum Gasteiger partial charge on any atom is -0.487 e. The van der Waals surface area contributed by atoms with E-state index in [0.29, 0.717) is 18.4 Å². The Bertz CT molecular complexity index is 506. The highest BCUT2D eigenvalue weighted by atomic mass is 19.1. The summed E-state index contributed by atoms with van der Waals surface area (Å²) in [6.45, 7) is 1.69. The number of methoxy groups -OCH3 is 1. The normalized spacial score (nSPS) is 26.1. The molecule has 1 saturated carbocycles. The van der Waals surface area contributed by atoms with E-state index in [4.69, 9.17) is 15.2 Å². The number of aryl methyl sites for hydroxylation is 1. The van der Waals surface area contributed by atoms with Crippen LogP contribution in [-0.2, 0) is 9.53 Å². The lowest BCUT2D eigenvalue weighted by atomic mass is 9.81. The molecule has 2 unspecified atom stereocenters. The number of nitrogens with two attached hydrogens (primary N) is 1. The Kier molecular flexibility index (Phi) is 4.28. The van der Waals surface area contributed by atoms with E-state index in [0.717, 1.165) is 12.8 Å². The molecule has 1 aliphatic rings. The molecular weight excluding hydrogens is 261 g/mol. The zero-order chi connectivity index (χ0) is 14.8. The number of hydrogen-bond acceptors (Lipinski definition) is 4. The maximum Gasteiger partial charge on any atom is 0.325 e. The molecule has 0 heterocycles. The molecule has 4 nitrogen and oxygen atoms in total. The summed E-state index contributed by atoms with van der Waals surface area (Å²) >= 11 is 0. The molecule has 2 rings (SSSR count). The second kappa shape index (κ2) is 5.79. The summed E-state index contributed by atoms with van der Waals surface area (Å²) in [6.07, 6.45) is 2.14. The number of carbonyl (C=O) groups is 1. The van der Waals surface area contributed by atoms with Gasteiger partial charge < -0.3 is 15.2 Å². The van der Waals surface area contributed by atoms with Gasteiger partial charge in [-0.15, -0.1) is 0 Å². The predicted octanol–water partition coefficient (Wildman–Crippen LogP) is 2.33. The highest BCUT2D eigenvalue weighted by Crippen LogP contribution is 2.31. The Morgan fingerprint density at radius 3 is 2.95 bits per heavy atom. The van der Waals surface area contributed by atoms with E-state index in [1.54, 1.807) is 25.1 Å². The Hall–Kier alpha value is -1.62. The van der Waals surface area contributed by atoms with E-state index in [1.165, 1.54) is 7.11 Å². The maximum absolute atomic E-state index is 13.9. The van der Waals surface area contributed by atoms with Crippen LogP contribution in [0.2, 0.25) is 0 Å². The Morgan fingerprint density at radius 2 is 2.25 bits per heavy atom. The summed E-state index contributed by atoms with van der Waals surface area (Å²) in [4.78, 5) is 11.7. The fourth-order valence-electron chi connectivity index (χ4n) is 2.64. The first-order valence-corrected chi connectivity index (χ1v) is 6.75. The minimum absolute atomic E-state index is 0.212. The molecule has 2 N–H and O–H groups in total. The second-order valence-corrected chi connectivity index (χ2v) is 5.37. The van der Waals surface area contributed by atoms with Crippen LogP contribution in [0.3, 0.4) is 0 Å². The summed E-state index contributed by atoms with van der Waals surface area (Å²) in [7, 11) is 1.32. The molecule has 0 radical (unpaired) electrons. The van der Waals surface area contributed by atoms with Gasteiger partial charge in [0.2, 0.25) is 0 Å². The van der Waals surface area contributed by atoms with Gasteiger partial charge in [0.15, 0.2) is 11.6 Å². The fourth-order valence-corrected chi connectivity index (χ4v) is 2.64. The molecule has 1 aromatic rings. The topological polar surface area (TPSA) is 61.5 Å². The molecule has 1 aliphatic carbocycles. The first kappa shape index (κ1) is 14.8. The minimum atomic E-state index is -1.03. The van der Waals surface area contributed by atoms with Gasteiger partial charge in [-0.2, -0.15) is 0 Å². The van der Waals surface area contributed by atoms with Gasteiger partial charge in [0.25, 0.3) is 0 Å². The molecule has 0 aromatic heterocycles. The molecule has 1 aromatic carbocycles. The van der Waals surface area contributed by atoms with E-state index in [9.17, 15) is 9.18 Å². The molecule has 0 saturated heterocycles. The number of hydrogen-bond donors (Lipinski definition) is 1. The third-order valence-corrected chi connectivity index (χ3v) is 3.78. The maximum atomic E-state index is 13.9. The first-order chi connectivity index (χ1) is 9.46.